The SMILES string of the molecule is C[C@@H](O)[C@H](NC(=O)OC(C)(C)C)C(=O)NCC(=O)OCc1ccccc1. The Kier molecular flexibility index (Phi) is 8.05. The van der Waals surface area contributed by atoms with E-state index in [-0.39, 0.29) is 13.2 Å². The fourth-order valence-corrected chi connectivity index (χ4v) is 1.90. The minimum absolute atomic E-state index is 0.0888. The van der Waals surface area contributed by atoms with Crippen LogP contribution in [-0.2, 0) is 25.7 Å². The number of nitrogens with one attached hydrogen (secondary N) is 2. The number of hydrogen-bond donors (Lipinski definition) is 3. The van der Waals surface area contributed by atoms with Crippen molar-refractivity contribution in [1.29, 1.82) is 0 Å². The molecule has 0 radical (unpaired) electrons. The second-order valence-corrected chi connectivity index (χ2v) is 6.73. The summed E-state index contributed by atoms with van der Waals surface area (Å²) in [5, 5.41) is 14.3. The highest BCUT2D eigenvalue weighted by molar-refractivity contribution is 5.88. The first kappa shape index (κ1) is 21.4. The van der Waals surface area contributed by atoms with E-state index in [0.717, 1.165) is 5.56 Å². The van der Waals surface area contributed by atoms with E-state index < -0.39 is 35.7 Å². The second-order valence-electron chi connectivity index (χ2n) is 6.73. The molecule has 0 aromatic heterocycles. The number of alkyl carbamates (subject to hydrolysis) is 1. The predicted molar refractivity (Wildman–Crippen MR) is 94.1 cm³/mol. The van der Waals surface area contributed by atoms with Gasteiger partial charge in [-0.2, -0.15) is 0 Å². The van der Waals surface area contributed by atoms with Crippen molar-refractivity contribution >= 4 is 18.0 Å². The molecule has 0 aliphatic carbocycles. The van der Waals surface area contributed by atoms with Gasteiger partial charge in [0.1, 0.15) is 24.8 Å². The zero-order valence-electron chi connectivity index (χ0n) is 15.4. The van der Waals surface area contributed by atoms with Gasteiger partial charge in [-0.3, -0.25) is 9.59 Å². The summed E-state index contributed by atoms with van der Waals surface area (Å²) in [7, 11) is 0. The van der Waals surface area contributed by atoms with E-state index in [2.05, 4.69) is 10.6 Å². The monoisotopic (exact) mass is 366 g/mol. The summed E-state index contributed by atoms with van der Waals surface area (Å²) in [6.07, 6.45) is -2.02. The Balaban J connectivity index is 2.46. The average molecular weight is 366 g/mol. The average Bonchev–Trinajstić information content (AvgIpc) is 2.54. The Morgan fingerprint density at radius 1 is 1.15 bits per heavy atom. The van der Waals surface area contributed by atoms with E-state index in [4.69, 9.17) is 9.47 Å². The largest absolute Gasteiger partial charge is 0.460 e. The normalized spacial score (nSPS) is 13.3. The number of amides is 2. The molecule has 3 N–H and O–H groups in total. The van der Waals surface area contributed by atoms with Crippen molar-refractivity contribution in [3.8, 4) is 0 Å². The summed E-state index contributed by atoms with van der Waals surface area (Å²) in [5.74, 6) is -1.36. The van der Waals surface area contributed by atoms with Gasteiger partial charge in [-0.15, -0.1) is 0 Å². The molecule has 0 unspecified atom stereocenters. The van der Waals surface area contributed by atoms with Crippen LogP contribution in [0, 0.1) is 0 Å². The maximum Gasteiger partial charge on any atom is 0.408 e. The van der Waals surface area contributed by atoms with Crippen LogP contribution in [0.25, 0.3) is 0 Å². The maximum absolute atomic E-state index is 12.1. The predicted octanol–water partition coefficient (Wildman–Crippen LogP) is 1.12. The number of aliphatic hydroxyl groups excluding tert-OH is 1. The number of aliphatic hydroxyl groups is 1. The zero-order chi connectivity index (χ0) is 19.7. The van der Waals surface area contributed by atoms with E-state index in [9.17, 15) is 19.5 Å². The molecule has 26 heavy (non-hydrogen) atoms. The number of rotatable bonds is 7. The van der Waals surface area contributed by atoms with Crippen molar-refractivity contribution in [3.05, 3.63) is 35.9 Å². The van der Waals surface area contributed by atoms with Gasteiger partial charge in [0.25, 0.3) is 0 Å². The summed E-state index contributed by atoms with van der Waals surface area (Å²) in [6, 6.07) is 7.84. The molecule has 8 nitrogen and oxygen atoms in total. The van der Waals surface area contributed by atoms with Gasteiger partial charge in [0.05, 0.1) is 6.10 Å². The number of carbonyl (C=O) groups is 3. The van der Waals surface area contributed by atoms with Crippen molar-refractivity contribution in [3.63, 3.8) is 0 Å². The van der Waals surface area contributed by atoms with Crippen LogP contribution in [0.2, 0.25) is 0 Å². The number of benzene rings is 1. The lowest BCUT2D eigenvalue weighted by Gasteiger charge is -2.24. The van der Waals surface area contributed by atoms with E-state index in [1.807, 2.05) is 18.2 Å². The molecule has 144 valence electrons. The van der Waals surface area contributed by atoms with Crippen LogP contribution in [0.15, 0.2) is 30.3 Å². The van der Waals surface area contributed by atoms with Gasteiger partial charge in [-0.05, 0) is 33.3 Å². The third kappa shape index (κ3) is 8.48. The highest BCUT2D eigenvalue weighted by atomic mass is 16.6. The van der Waals surface area contributed by atoms with Crippen molar-refractivity contribution in [2.24, 2.45) is 0 Å². The minimum Gasteiger partial charge on any atom is -0.460 e. The van der Waals surface area contributed by atoms with Gasteiger partial charge in [-0.1, -0.05) is 30.3 Å². The molecular formula is C18H26N2O6. The number of ether oxygens (including phenoxy) is 2. The second kappa shape index (κ2) is 9.76. The molecule has 0 saturated carbocycles. The molecular weight excluding hydrogens is 340 g/mol. The molecule has 0 aliphatic heterocycles. The van der Waals surface area contributed by atoms with Gasteiger partial charge >= 0.3 is 12.1 Å². The van der Waals surface area contributed by atoms with Crippen molar-refractivity contribution in [2.45, 2.75) is 52.0 Å². The first-order valence-corrected chi connectivity index (χ1v) is 8.23. The smallest absolute Gasteiger partial charge is 0.408 e. The van der Waals surface area contributed by atoms with Crippen LogP contribution < -0.4 is 10.6 Å². The van der Waals surface area contributed by atoms with Crippen LogP contribution in [-0.4, -0.2) is 47.4 Å². The highest BCUT2D eigenvalue weighted by Crippen LogP contribution is 2.07. The third-order valence-corrected chi connectivity index (χ3v) is 3.09. The Bertz CT molecular complexity index is 610. The fourth-order valence-electron chi connectivity index (χ4n) is 1.90. The Labute approximate surface area is 152 Å². The van der Waals surface area contributed by atoms with Crippen LogP contribution in [0.4, 0.5) is 4.79 Å². The molecule has 0 spiro atoms. The van der Waals surface area contributed by atoms with Gasteiger partial charge in [0.2, 0.25) is 5.91 Å². The van der Waals surface area contributed by atoms with Crippen molar-refractivity contribution < 1.29 is 29.0 Å². The summed E-state index contributed by atoms with van der Waals surface area (Å²) in [5.41, 5.74) is 0.0750. The first-order valence-electron chi connectivity index (χ1n) is 8.23. The van der Waals surface area contributed by atoms with Crippen LogP contribution in [0.5, 0.6) is 0 Å². The van der Waals surface area contributed by atoms with Gasteiger partial charge in [0, 0.05) is 0 Å². The summed E-state index contributed by atoms with van der Waals surface area (Å²) in [6.45, 7) is 6.07. The van der Waals surface area contributed by atoms with Gasteiger partial charge in [0.15, 0.2) is 0 Å². The zero-order valence-corrected chi connectivity index (χ0v) is 15.4. The molecule has 2 amide bonds. The number of esters is 1. The van der Waals surface area contributed by atoms with Crippen LogP contribution >= 0.6 is 0 Å². The molecule has 0 heterocycles. The third-order valence-electron chi connectivity index (χ3n) is 3.09. The standard InChI is InChI=1S/C18H26N2O6/c1-12(21)15(20-17(24)26-18(2,3)4)16(23)19-10-14(22)25-11-13-8-6-5-7-9-13/h5-9,12,15,21H,10-11H2,1-4H3,(H,19,23)(H,20,24)/t12-,15+/m1/s1. The fraction of sp³-hybridized carbons (Fsp3) is 0.500. The minimum atomic E-state index is -1.26. The maximum atomic E-state index is 12.1. The van der Waals surface area contributed by atoms with Crippen LogP contribution in [0.3, 0.4) is 0 Å². The highest BCUT2D eigenvalue weighted by Gasteiger charge is 2.28. The number of carbonyl (C=O) groups excluding carboxylic acids is 3. The molecule has 0 bridgehead atoms. The molecule has 1 aromatic carbocycles. The van der Waals surface area contributed by atoms with E-state index in [0.29, 0.717) is 0 Å². The summed E-state index contributed by atoms with van der Waals surface area (Å²) >= 11 is 0. The number of hydrogen-bond acceptors (Lipinski definition) is 6. The lowest BCUT2D eigenvalue weighted by molar-refractivity contribution is -0.145. The Morgan fingerprint density at radius 3 is 2.31 bits per heavy atom. The van der Waals surface area contributed by atoms with Gasteiger partial charge < -0.3 is 25.2 Å². The Morgan fingerprint density at radius 2 is 1.77 bits per heavy atom. The summed E-state index contributed by atoms with van der Waals surface area (Å²) in [4.78, 5) is 35.6. The molecule has 0 fully saturated rings. The lowest BCUT2D eigenvalue weighted by Crippen LogP contribution is -2.54. The first-order chi connectivity index (χ1) is 12.1. The van der Waals surface area contributed by atoms with E-state index in [1.165, 1.54) is 6.92 Å². The molecule has 1 aromatic rings. The van der Waals surface area contributed by atoms with E-state index >= 15 is 0 Å². The van der Waals surface area contributed by atoms with Gasteiger partial charge in [-0.25, -0.2) is 4.79 Å². The lowest BCUT2D eigenvalue weighted by atomic mass is 10.1. The van der Waals surface area contributed by atoms with E-state index in [1.54, 1.807) is 32.9 Å². The quantitative estimate of drug-likeness (QED) is 0.623. The van der Waals surface area contributed by atoms with Crippen LogP contribution in [0.1, 0.15) is 33.3 Å². The van der Waals surface area contributed by atoms with Crippen molar-refractivity contribution in [1.82, 2.24) is 10.6 Å². The van der Waals surface area contributed by atoms with Crippen molar-refractivity contribution in [2.75, 3.05) is 6.54 Å². The molecule has 1 rings (SSSR count). The molecule has 0 aliphatic rings. The Hall–Kier alpha value is -2.61. The topological polar surface area (TPSA) is 114 Å². The molecule has 2 atom stereocenters. The molecule has 8 heteroatoms. The molecule has 0 saturated heterocycles. The summed E-state index contributed by atoms with van der Waals surface area (Å²) < 4.78 is 10.1.